The van der Waals surface area contributed by atoms with E-state index in [1.165, 1.54) is 0 Å². The van der Waals surface area contributed by atoms with Crippen molar-refractivity contribution in [2.24, 2.45) is 10.8 Å². The number of allylic oxidation sites excluding steroid dienone is 1. The molecule has 0 aromatic heterocycles. The van der Waals surface area contributed by atoms with Gasteiger partial charge in [0.05, 0.1) is 5.54 Å². The average molecular weight is 239 g/mol. The van der Waals surface area contributed by atoms with Crippen molar-refractivity contribution >= 4 is 0 Å². The molecule has 3 heteroatoms. The zero-order chi connectivity index (χ0) is 13.1. The Balaban J connectivity index is 2.43. The number of fused-ring (bicyclic) bond motifs is 2. The molecule has 0 aromatic rings. The van der Waals surface area contributed by atoms with Gasteiger partial charge in [0.2, 0.25) is 5.79 Å². The van der Waals surface area contributed by atoms with Crippen molar-refractivity contribution in [3.8, 4) is 0 Å². The molecule has 2 heterocycles. The molecule has 2 atom stereocenters. The quantitative estimate of drug-likeness (QED) is 0.703. The zero-order valence-corrected chi connectivity index (χ0v) is 12.1. The highest BCUT2D eigenvalue weighted by Gasteiger charge is 2.59. The molecular weight excluding hydrogens is 214 g/mol. The van der Waals surface area contributed by atoms with Crippen molar-refractivity contribution in [3.63, 3.8) is 0 Å². The van der Waals surface area contributed by atoms with Crippen LogP contribution in [0, 0.1) is 10.8 Å². The van der Waals surface area contributed by atoms with Gasteiger partial charge in [0, 0.05) is 17.3 Å². The van der Waals surface area contributed by atoms with E-state index < -0.39 is 5.79 Å². The van der Waals surface area contributed by atoms with Crippen molar-refractivity contribution in [1.29, 1.82) is 0 Å². The predicted molar refractivity (Wildman–Crippen MR) is 68.1 cm³/mol. The summed E-state index contributed by atoms with van der Waals surface area (Å²) in [4.78, 5) is 5.83. The molecule has 0 radical (unpaired) electrons. The molecule has 1 N–H and O–H groups in total. The third-order valence-corrected chi connectivity index (χ3v) is 3.66. The first-order valence-electron chi connectivity index (χ1n) is 6.35. The van der Waals surface area contributed by atoms with Crippen LogP contribution in [0.15, 0.2) is 11.8 Å². The van der Waals surface area contributed by atoms with Crippen LogP contribution in [0.4, 0.5) is 0 Å². The van der Waals surface area contributed by atoms with Gasteiger partial charge in [0.15, 0.2) is 0 Å². The summed E-state index contributed by atoms with van der Waals surface area (Å²) in [6.07, 6.45) is 3.02. The molecule has 0 aromatic carbocycles. The van der Waals surface area contributed by atoms with Crippen LogP contribution in [0.5, 0.6) is 0 Å². The molecule has 17 heavy (non-hydrogen) atoms. The second-order valence-corrected chi connectivity index (χ2v) is 7.66. The number of hydrogen-bond acceptors (Lipinski definition) is 3. The first-order valence-corrected chi connectivity index (χ1v) is 6.35. The Kier molecular flexibility index (Phi) is 2.48. The third kappa shape index (κ3) is 2.00. The van der Waals surface area contributed by atoms with Crippen molar-refractivity contribution in [3.05, 3.63) is 11.8 Å². The fraction of sp³-hybridized carbons (Fsp3) is 0.857. The second kappa shape index (κ2) is 3.27. The van der Waals surface area contributed by atoms with Crippen molar-refractivity contribution < 1.29 is 9.57 Å². The third-order valence-electron chi connectivity index (χ3n) is 3.66. The Hall–Kier alpha value is -0.540. The summed E-state index contributed by atoms with van der Waals surface area (Å²) in [5.41, 5.74) is 2.97. The van der Waals surface area contributed by atoms with E-state index in [2.05, 4.69) is 60.0 Å². The number of rotatable bonds is 0. The monoisotopic (exact) mass is 239 g/mol. The molecule has 2 aliphatic rings. The van der Waals surface area contributed by atoms with Crippen molar-refractivity contribution in [2.45, 2.75) is 66.2 Å². The molecule has 1 fully saturated rings. The molecular formula is C14H25NO2. The molecule has 2 rings (SSSR count). The van der Waals surface area contributed by atoms with E-state index in [0.717, 1.165) is 12.2 Å². The molecule has 3 nitrogen and oxygen atoms in total. The summed E-state index contributed by atoms with van der Waals surface area (Å²) in [7, 11) is 0. The molecule has 0 spiro atoms. The van der Waals surface area contributed by atoms with Gasteiger partial charge in [-0.1, -0.05) is 41.5 Å². The topological polar surface area (TPSA) is 30.5 Å². The Labute approximate surface area is 105 Å². The van der Waals surface area contributed by atoms with Crippen molar-refractivity contribution in [1.82, 2.24) is 5.48 Å². The highest BCUT2D eigenvalue weighted by Crippen LogP contribution is 2.51. The van der Waals surface area contributed by atoms with Crippen LogP contribution in [0.3, 0.4) is 0 Å². The fourth-order valence-electron chi connectivity index (χ4n) is 2.33. The summed E-state index contributed by atoms with van der Waals surface area (Å²) in [5.74, 6) is 0.463. The first-order chi connectivity index (χ1) is 7.48. The largest absolute Gasteiger partial charge is 0.464 e. The number of hydroxylamine groups is 1. The lowest BCUT2D eigenvalue weighted by atomic mass is 9.75. The maximum absolute atomic E-state index is 6.24. The van der Waals surface area contributed by atoms with E-state index >= 15 is 0 Å². The van der Waals surface area contributed by atoms with Crippen LogP contribution in [-0.2, 0) is 9.57 Å². The molecule has 0 aliphatic carbocycles. The summed E-state index contributed by atoms with van der Waals surface area (Å²) < 4.78 is 6.24. The Bertz CT molecular complexity index is 361. The van der Waals surface area contributed by atoms with Crippen LogP contribution in [-0.4, -0.2) is 11.3 Å². The predicted octanol–water partition coefficient (Wildman–Crippen LogP) is 3.37. The van der Waals surface area contributed by atoms with Crippen LogP contribution >= 0.6 is 0 Å². The first kappa shape index (κ1) is 12.9. The lowest BCUT2D eigenvalue weighted by Gasteiger charge is -2.45. The minimum absolute atomic E-state index is 0.00750. The molecule has 2 aliphatic heterocycles. The van der Waals surface area contributed by atoms with E-state index in [9.17, 15) is 0 Å². The Morgan fingerprint density at radius 3 is 2.24 bits per heavy atom. The van der Waals surface area contributed by atoms with Gasteiger partial charge in [-0.2, -0.15) is 5.48 Å². The summed E-state index contributed by atoms with van der Waals surface area (Å²) in [6.45, 7) is 15.1. The van der Waals surface area contributed by atoms with Crippen LogP contribution in [0.2, 0.25) is 0 Å². The lowest BCUT2D eigenvalue weighted by molar-refractivity contribution is -0.271. The van der Waals surface area contributed by atoms with Crippen LogP contribution < -0.4 is 5.48 Å². The molecule has 0 saturated carbocycles. The maximum atomic E-state index is 6.24. The van der Waals surface area contributed by atoms with Gasteiger partial charge >= 0.3 is 0 Å². The number of ether oxygens (including phenoxy) is 1. The normalized spacial score (nSPS) is 37.7. The summed E-state index contributed by atoms with van der Waals surface area (Å²) in [5, 5.41) is 0. The highest BCUT2D eigenvalue weighted by atomic mass is 16.8. The maximum Gasteiger partial charge on any atom is 0.234 e. The van der Waals surface area contributed by atoms with Crippen molar-refractivity contribution in [2.75, 3.05) is 0 Å². The minimum Gasteiger partial charge on any atom is -0.464 e. The second-order valence-electron chi connectivity index (χ2n) is 7.66. The van der Waals surface area contributed by atoms with Gasteiger partial charge in [-0.05, 0) is 13.0 Å². The Morgan fingerprint density at radius 2 is 1.76 bits per heavy atom. The zero-order valence-electron chi connectivity index (χ0n) is 12.1. The van der Waals surface area contributed by atoms with Gasteiger partial charge in [0.25, 0.3) is 0 Å². The standard InChI is InChI=1S/C14H25NO2/c1-11(2,3)10-8-13(7)9-14(16-10,17-15-13)12(4,5)6/h8,15H,9H2,1-7H3. The van der Waals surface area contributed by atoms with Gasteiger partial charge in [0.1, 0.15) is 5.76 Å². The molecule has 98 valence electrons. The summed E-state index contributed by atoms with van der Waals surface area (Å²) in [6, 6.07) is 0. The average Bonchev–Trinajstić information content (AvgIpc) is 2.35. The number of nitrogens with one attached hydrogen (secondary N) is 1. The smallest absolute Gasteiger partial charge is 0.234 e. The highest BCUT2D eigenvalue weighted by molar-refractivity contribution is 5.21. The van der Waals surface area contributed by atoms with E-state index in [0.29, 0.717) is 0 Å². The van der Waals surface area contributed by atoms with Crippen LogP contribution in [0.25, 0.3) is 0 Å². The van der Waals surface area contributed by atoms with E-state index in [4.69, 9.17) is 9.57 Å². The van der Waals surface area contributed by atoms with Crippen LogP contribution in [0.1, 0.15) is 54.9 Å². The van der Waals surface area contributed by atoms with Gasteiger partial charge in [-0.25, -0.2) is 0 Å². The van der Waals surface area contributed by atoms with Gasteiger partial charge < -0.3 is 4.74 Å². The van der Waals surface area contributed by atoms with Gasteiger partial charge in [-0.3, -0.25) is 4.84 Å². The van der Waals surface area contributed by atoms with E-state index in [1.807, 2.05) is 0 Å². The Morgan fingerprint density at radius 1 is 1.18 bits per heavy atom. The lowest BCUT2D eigenvalue weighted by Crippen LogP contribution is -2.49. The fourth-order valence-corrected chi connectivity index (χ4v) is 2.33. The van der Waals surface area contributed by atoms with E-state index in [1.54, 1.807) is 0 Å². The summed E-state index contributed by atoms with van der Waals surface area (Å²) >= 11 is 0. The molecule has 2 unspecified atom stereocenters. The van der Waals surface area contributed by atoms with E-state index in [-0.39, 0.29) is 16.4 Å². The molecule has 2 bridgehead atoms. The SMILES string of the molecule is CC12C=C(C(C)(C)C)OC(C(C)(C)C)(C1)ON2. The minimum atomic E-state index is -0.556. The molecule has 1 saturated heterocycles. The molecule has 0 amide bonds. The van der Waals surface area contributed by atoms with Gasteiger partial charge in [-0.15, -0.1) is 0 Å². The number of hydrogen-bond donors (Lipinski definition) is 1.